The minimum Gasteiger partial charge on any atom is -0.476 e. The lowest BCUT2D eigenvalue weighted by Crippen LogP contribution is -2.37. The lowest BCUT2D eigenvalue weighted by atomic mass is 10.3. The molecule has 0 amide bonds. The molecule has 1 aromatic rings. The topological polar surface area (TPSA) is 87.6 Å². The Morgan fingerprint density at radius 2 is 2.29 bits per heavy atom. The number of nitrogens with zero attached hydrogens (tertiary/aromatic N) is 2. The predicted molar refractivity (Wildman–Crippen MR) is 62.5 cm³/mol. The van der Waals surface area contributed by atoms with Gasteiger partial charge in [-0.3, -0.25) is 0 Å². The zero-order chi connectivity index (χ0) is 12.5. The van der Waals surface area contributed by atoms with E-state index in [4.69, 9.17) is 5.11 Å². The molecule has 0 spiro atoms. The Morgan fingerprint density at radius 1 is 1.53 bits per heavy atom. The lowest BCUT2D eigenvalue weighted by Gasteiger charge is -2.25. The maximum absolute atomic E-state index is 11.7. The maximum atomic E-state index is 11.7. The van der Waals surface area contributed by atoms with Gasteiger partial charge in [-0.2, -0.15) is 4.31 Å². The second kappa shape index (κ2) is 4.71. The molecule has 1 fully saturated rings. The van der Waals surface area contributed by atoms with E-state index in [1.54, 1.807) is 0 Å². The highest BCUT2D eigenvalue weighted by molar-refractivity contribution is 7.89. The number of sulfonamides is 1. The fraction of sp³-hybridized carbons (Fsp3) is 0.556. The van der Waals surface area contributed by atoms with Gasteiger partial charge in [-0.1, -0.05) is 0 Å². The van der Waals surface area contributed by atoms with Crippen LogP contribution in [-0.2, 0) is 16.6 Å². The van der Waals surface area contributed by atoms with Crippen LogP contribution in [0, 0.1) is 0 Å². The summed E-state index contributed by atoms with van der Waals surface area (Å²) in [6.07, 6.45) is 1.54. The number of carboxylic acids is 1. The number of aromatic carboxylic acids is 1. The average Bonchev–Trinajstić information content (AvgIpc) is 2.70. The number of hydrogen-bond acceptors (Lipinski definition) is 5. The number of carbonyl (C=O) groups is 1. The van der Waals surface area contributed by atoms with Gasteiger partial charge in [0.1, 0.15) is 5.01 Å². The van der Waals surface area contributed by atoms with Gasteiger partial charge in [-0.05, 0) is 12.8 Å². The number of carboxylic acid groups (broad SMARTS) is 1. The first kappa shape index (κ1) is 12.5. The molecule has 0 unspecified atom stereocenters. The van der Waals surface area contributed by atoms with Crippen molar-refractivity contribution < 1.29 is 18.3 Å². The molecule has 1 aromatic heterocycles. The van der Waals surface area contributed by atoms with Crippen molar-refractivity contribution in [1.82, 2.24) is 9.29 Å². The third kappa shape index (κ3) is 2.82. The average molecular weight is 276 g/mol. The van der Waals surface area contributed by atoms with E-state index in [0.717, 1.165) is 6.42 Å². The van der Waals surface area contributed by atoms with Gasteiger partial charge in [0.25, 0.3) is 0 Å². The molecule has 0 atom stereocenters. The van der Waals surface area contributed by atoms with Crippen LogP contribution in [0.1, 0.15) is 28.3 Å². The summed E-state index contributed by atoms with van der Waals surface area (Å²) in [5.41, 5.74) is -0.0283. The Morgan fingerprint density at radius 3 is 2.88 bits per heavy atom. The molecular formula is C9H12N2O4S2. The second-order valence-electron chi connectivity index (χ2n) is 3.79. The van der Waals surface area contributed by atoms with Gasteiger partial charge >= 0.3 is 5.97 Å². The molecule has 0 bridgehead atoms. The molecule has 94 valence electrons. The third-order valence-corrected chi connectivity index (χ3v) is 5.27. The van der Waals surface area contributed by atoms with Crippen LogP contribution in [0.5, 0.6) is 0 Å². The van der Waals surface area contributed by atoms with Crippen molar-refractivity contribution in [3.05, 3.63) is 16.1 Å². The van der Waals surface area contributed by atoms with Crippen LogP contribution in [0.25, 0.3) is 0 Å². The minimum absolute atomic E-state index is 0.0283. The number of aromatic nitrogens is 1. The number of rotatable bonds is 3. The zero-order valence-electron chi connectivity index (χ0n) is 9.00. The molecule has 1 aliphatic heterocycles. The molecule has 1 N–H and O–H groups in total. The molecule has 6 nitrogen and oxygen atoms in total. The summed E-state index contributed by atoms with van der Waals surface area (Å²) in [7, 11) is -3.18. The summed E-state index contributed by atoms with van der Waals surface area (Å²) in [5, 5.41) is 10.7. The van der Waals surface area contributed by atoms with Crippen molar-refractivity contribution in [3.63, 3.8) is 0 Å². The molecule has 2 heterocycles. The summed E-state index contributed by atoms with van der Waals surface area (Å²) < 4.78 is 24.8. The van der Waals surface area contributed by atoms with Gasteiger partial charge in [0.2, 0.25) is 10.0 Å². The van der Waals surface area contributed by atoms with Crippen LogP contribution in [0.2, 0.25) is 0 Å². The SMILES string of the molecule is O=C(O)c1csc(CN2CCCCS2(=O)=O)n1. The molecule has 2 rings (SSSR count). The van der Waals surface area contributed by atoms with Crippen LogP contribution in [0.4, 0.5) is 0 Å². The molecule has 8 heteroatoms. The van der Waals surface area contributed by atoms with Gasteiger partial charge in [-0.15, -0.1) is 11.3 Å². The summed E-state index contributed by atoms with van der Waals surface area (Å²) >= 11 is 1.17. The van der Waals surface area contributed by atoms with E-state index in [1.165, 1.54) is 21.0 Å². The largest absolute Gasteiger partial charge is 0.476 e. The zero-order valence-corrected chi connectivity index (χ0v) is 10.6. The summed E-state index contributed by atoms with van der Waals surface area (Å²) in [4.78, 5) is 14.5. The van der Waals surface area contributed by atoms with Gasteiger partial charge in [0.05, 0.1) is 12.3 Å². The Labute approximate surface area is 103 Å². The fourth-order valence-corrected chi connectivity index (χ4v) is 4.07. The van der Waals surface area contributed by atoms with E-state index < -0.39 is 16.0 Å². The molecule has 0 radical (unpaired) electrons. The molecule has 1 aliphatic rings. The lowest BCUT2D eigenvalue weighted by molar-refractivity contribution is 0.0691. The normalized spacial score (nSPS) is 20.2. The van der Waals surface area contributed by atoms with E-state index in [9.17, 15) is 13.2 Å². The Bertz CT molecular complexity index is 523. The Balaban J connectivity index is 2.11. The quantitative estimate of drug-likeness (QED) is 0.881. The molecule has 0 aromatic carbocycles. The van der Waals surface area contributed by atoms with E-state index >= 15 is 0 Å². The molecule has 0 aliphatic carbocycles. The molecular weight excluding hydrogens is 264 g/mol. The van der Waals surface area contributed by atoms with E-state index in [2.05, 4.69) is 4.98 Å². The smallest absolute Gasteiger partial charge is 0.355 e. The minimum atomic E-state index is -3.18. The van der Waals surface area contributed by atoms with Crippen LogP contribution in [-0.4, -0.2) is 41.1 Å². The molecule has 17 heavy (non-hydrogen) atoms. The van der Waals surface area contributed by atoms with E-state index in [-0.39, 0.29) is 18.0 Å². The second-order valence-corrected chi connectivity index (χ2v) is 6.82. The van der Waals surface area contributed by atoms with Crippen molar-refractivity contribution in [1.29, 1.82) is 0 Å². The van der Waals surface area contributed by atoms with Crippen LogP contribution < -0.4 is 0 Å². The highest BCUT2D eigenvalue weighted by Crippen LogP contribution is 2.19. The predicted octanol–water partition coefficient (Wildman–Crippen LogP) is 0.767. The third-order valence-electron chi connectivity index (χ3n) is 2.54. The van der Waals surface area contributed by atoms with Crippen LogP contribution in [0.15, 0.2) is 5.38 Å². The molecule has 1 saturated heterocycles. The monoisotopic (exact) mass is 276 g/mol. The van der Waals surface area contributed by atoms with Crippen molar-refractivity contribution in [2.75, 3.05) is 12.3 Å². The first-order chi connectivity index (χ1) is 7.99. The Kier molecular flexibility index (Phi) is 3.45. The number of thiazole rings is 1. The Hall–Kier alpha value is -0.990. The van der Waals surface area contributed by atoms with E-state index in [1.807, 2.05) is 0 Å². The first-order valence-electron chi connectivity index (χ1n) is 5.14. The van der Waals surface area contributed by atoms with Crippen LogP contribution >= 0.6 is 11.3 Å². The van der Waals surface area contributed by atoms with Crippen molar-refractivity contribution in [2.45, 2.75) is 19.4 Å². The van der Waals surface area contributed by atoms with Gasteiger partial charge in [0, 0.05) is 11.9 Å². The standard InChI is InChI=1S/C9H12N2O4S2/c12-9(13)7-6-16-8(10-7)5-11-3-1-2-4-17(11,14)15/h6H,1-5H2,(H,12,13). The van der Waals surface area contributed by atoms with Crippen LogP contribution in [0.3, 0.4) is 0 Å². The summed E-state index contributed by atoms with van der Waals surface area (Å²) in [5.74, 6) is -0.918. The summed E-state index contributed by atoms with van der Waals surface area (Å²) in [6.45, 7) is 0.671. The van der Waals surface area contributed by atoms with E-state index in [0.29, 0.717) is 18.0 Å². The first-order valence-corrected chi connectivity index (χ1v) is 7.63. The number of hydrogen-bond donors (Lipinski definition) is 1. The van der Waals surface area contributed by atoms with Crippen molar-refractivity contribution in [2.24, 2.45) is 0 Å². The highest BCUT2D eigenvalue weighted by atomic mass is 32.2. The fourth-order valence-electron chi connectivity index (χ4n) is 1.65. The summed E-state index contributed by atoms with van der Waals surface area (Å²) in [6, 6.07) is 0. The van der Waals surface area contributed by atoms with Gasteiger partial charge in [0.15, 0.2) is 5.69 Å². The molecule has 0 saturated carbocycles. The van der Waals surface area contributed by atoms with Gasteiger partial charge < -0.3 is 5.11 Å². The van der Waals surface area contributed by atoms with Crippen molar-refractivity contribution in [3.8, 4) is 0 Å². The highest BCUT2D eigenvalue weighted by Gasteiger charge is 2.26. The van der Waals surface area contributed by atoms with Gasteiger partial charge in [-0.25, -0.2) is 18.2 Å². The maximum Gasteiger partial charge on any atom is 0.355 e. The van der Waals surface area contributed by atoms with Crippen molar-refractivity contribution >= 4 is 27.3 Å².